The largest absolute Gasteiger partial charge is 0.372 e. The van der Waals surface area contributed by atoms with Gasteiger partial charge >= 0.3 is 0 Å². The Balaban J connectivity index is 1.74. The van der Waals surface area contributed by atoms with Gasteiger partial charge in [-0.05, 0) is 17.7 Å². The van der Waals surface area contributed by atoms with Crippen LogP contribution in [-0.2, 0) is 11.3 Å². The Morgan fingerprint density at radius 1 is 1.08 bits per heavy atom. The maximum absolute atomic E-state index is 13.1. The maximum atomic E-state index is 13.1. The predicted octanol–water partition coefficient (Wildman–Crippen LogP) is 2.87. The molecule has 6 nitrogen and oxygen atoms in total. The second-order valence-corrected chi connectivity index (χ2v) is 5.75. The van der Waals surface area contributed by atoms with E-state index in [9.17, 15) is 4.79 Å². The molecule has 1 atom stereocenters. The van der Waals surface area contributed by atoms with Gasteiger partial charge < -0.3 is 10.6 Å². The topological polar surface area (TPSA) is 71.3 Å². The van der Waals surface area contributed by atoms with Gasteiger partial charge in [-0.25, -0.2) is 9.67 Å². The smallest absolute Gasteiger partial charge is 0.253 e. The highest BCUT2D eigenvalue weighted by Crippen LogP contribution is 2.29. The van der Waals surface area contributed by atoms with Crippen LogP contribution in [-0.4, -0.2) is 22.0 Å². The number of aliphatic imine (C=N–C) groups is 1. The number of amides is 1. The van der Waals surface area contributed by atoms with Gasteiger partial charge in [-0.3, -0.25) is 4.79 Å². The minimum Gasteiger partial charge on any atom is -0.372 e. The summed E-state index contributed by atoms with van der Waals surface area (Å²) in [5.74, 6) is 0.549. The van der Waals surface area contributed by atoms with E-state index in [1.54, 1.807) is 17.2 Å². The molecule has 0 aliphatic carbocycles. The second kappa shape index (κ2) is 6.60. The van der Waals surface area contributed by atoms with Crippen molar-refractivity contribution in [2.75, 3.05) is 5.32 Å². The summed E-state index contributed by atoms with van der Waals surface area (Å²) in [6.07, 6.45) is 3.39. The SMILES string of the molecule is O=C(Nc1ccccc1)C(c1ccccc1)n1ncc2c1N=CNC2. The fourth-order valence-electron chi connectivity index (χ4n) is 2.88. The highest BCUT2D eigenvalue weighted by atomic mass is 16.2. The van der Waals surface area contributed by atoms with Gasteiger partial charge in [0, 0.05) is 17.8 Å². The molecule has 2 aromatic carbocycles. The molecule has 4 rings (SSSR count). The third-order valence-electron chi connectivity index (χ3n) is 4.06. The van der Waals surface area contributed by atoms with Gasteiger partial charge in [0.05, 0.1) is 12.5 Å². The van der Waals surface area contributed by atoms with Crippen molar-refractivity contribution in [1.29, 1.82) is 0 Å². The number of carbonyl (C=O) groups excluding carboxylic acids is 1. The van der Waals surface area contributed by atoms with E-state index in [1.165, 1.54) is 0 Å². The number of rotatable bonds is 4. The molecule has 2 N–H and O–H groups in total. The van der Waals surface area contributed by atoms with Crippen LogP contribution < -0.4 is 10.6 Å². The van der Waals surface area contributed by atoms with Crippen LogP contribution >= 0.6 is 0 Å². The molecule has 0 radical (unpaired) electrons. The molecule has 1 amide bonds. The van der Waals surface area contributed by atoms with E-state index in [2.05, 4.69) is 20.7 Å². The van der Waals surface area contributed by atoms with Crippen molar-refractivity contribution in [3.63, 3.8) is 0 Å². The Kier molecular flexibility index (Phi) is 4.00. The summed E-state index contributed by atoms with van der Waals surface area (Å²) in [5.41, 5.74) is 2.58. The van der Waals surface area contributed by atoms with Crippen LogP contribution in [0.5, 0.6) is 0 Å². The molecule has 2 heterocycles. The summed E-state index contributed by atoms with van der Waals surface area (Å²) in [5, 5.41) is 10.5. The highest BCUT2D eigenvalue weighted by Gasteiger charge is 2.27. The zero-order valence-electron chi connectivity index (χ0n) is 13.5. The van der Waals surface area contributed by atoms with Crippen LogP contribution in [0.2, 0.25) is 0 Å². The first-order valence-electron chi connectivity index (χ1n) is 8.06. The van der Waals surface area contributed by atoms with Crippen molar-refractivity contribution in [2.24, 2.45) is 4.99 Å². The summed E-state index contributed by atoms with van der Waals surface area (Å²) in [6, 6.07) is 18.4. The summed E-state index contributed by atoms with van der Waals surface area (Å²) in [7, 11) is 0. The number of hydrogen-bond donors (Lipinski definition) is 2. The Morgan fingerprint density at radius 2 is 1.80 bits per heavy atom. The highest BCUT2D eigenvalue weighted by molar-refractivity contribution is 5.96. The van der Waals surface area contributed by atoms with Gasteiger partial charge in [0.15, 0.2) is 11.9 Å². The lowest BCUT2D eigenvalue weighted by Gasteiger charge is -2.20. The molecule has 0 spiro atoms. The quantitative estimate of drug-likeness (QED) is 0.772. The van der Waals surface area contributed by atoms with E-state index in [0.717, 1.165) is 16.8 Å². The van der Waals surface area contributed by atoms with E-state index in [4.69, 9.17) is 0 Å². The van der Waals surface area contributed by atoms with Gasteiger partial charge in [-0.15, -0.1) is 0 Å². The molecule has 0 saturated carbocycles. The van der Waals surface area contributed by atoms with Crippen LogP contribution in [0.15, 0.2) is 71.9 Å². The average molecular weight is 331 g/mol. The van der Waals surface area contributed by atoms with Crippen molar-refractivity contribution in [3.8, 4) is 0 Å². The lowest BCUT2D eigenvalue weighted by atomic mass is 10.1. The summed E-state index contributed by atoms with van der Waals surface area (Å²) >= 11 is 0. The number of nitrogens with zero attached hydrogens (tertiary/aromatic N) is 3. The molecular weight excluding hydrogens is 314 g/mol. The Bertz CT molecular complexity index is 902. The van der Waals surface area contributed by atoms with Gasteiger partial charge in [-0.1, -0.05) is 48.5 Å². The Morgan fingerprint density at radius 3 is 2.56 bits per heavy atom. The summed E-state index contributed by atoms with van der Waals surface area (Å²) in [6.45, 7) is 0.653. The predicted molar refractivity (Wildman–Crippen MR) is 96.9 cm³/mol. The van der Waals surface area contributed by atoms with Crippen molar-refractivity contribution in [1.82, 2.24) is 15.1 Å². The molecule has 1 aliphatic heterocycles. The first kappa shape index (κ1) is 15.1. The third-order valence-corrected chi connectivity index (χ3v) is 4.06. The van der Waals surface area contributed by atoms with Gasteiger partial charge in [0.2, 0.25) is 0 Å². The molecule has 124 valence electrons. The van der Waals surface area contributed by atoms with E-state index in [-0.39, 0.29) is 5.91 Å². The van der Waals surface area contributed by atoms with Crippen molar-refractivity contribution in [2.45, 2.75) is 12.6 Å². The zero-order valence-corrected chi connectivity index (χ0v) is 13.5. The van der Waals surface area contributed by atoms with Gasteiger partial charge in [-0.2, -0.15) is 5.10 Å². The number of anilines is 1. The Labute approximate surface area is 145 Å². The van der Waals surface area contributed by atoms with Crippen LogP contribution in [0, 0.1) is 0 Å². The number of hydrogen-bond acceptors (Lipinski definition) is 4. The van der Waals surface area contributed by atoms with Crippen LogP contribution in [0.25, 0.3) is 0 Å². The summed E-state index contributed by atoms with van der Waals surface area (Å²) < 4.78 is 1.68. The molecule has 1 unspecified atom stereocenters. The molecule has 0 bridgehead atoms. The number of benzene rings is 2. The number of fused-ring (bicyclic) bond motifs is 1. The van der Waals surface area contributed by atoms with Gasteiger partial charge in [0.25, 0.3) is 5.91 Å². The van der Waals surface area contributed by atoms with Crippen LogP contribution in [0.4, 0.5) is 11.5 Å². The number of aromatic nitrogens is 2. The first-order valence-corrected chi connectivity index (χ1v) is 8.06. The standard InChI is InChI=1S/C19H17N5O/c25-19(23-16-9-5-2-6-10-16)17(14-7-3-1-4-8-14)24-18-15(12-22-24)11-20-13-21-18/h1-10,12-13,17H,11H2,(H,20,21)(H,23,25). The van der Waals surface area contributed by atoms with E-state index >= 15 is 0 Å². The molecule has 0 fully saturated rings. The van der Waals surface area contributed by atoms with Gasteiger partial charge in [0.1, 0.15) is 0 Å². The monoisotopic (exact) mass is 331 g/mol. The van der Waals surface area contributed by atoms with Crippen LogP contribution in [0.1, 0.15) is 17.2 Å². The number of para-hydroxylation sites is 1. The average Bonchev–Trinajstić information content (AvgIpc) is 3.08. The normalized spacial score (nSPS) is 13.6. The molecule has 3 aromatic rings. The first-order chi connectivity index (χ1) is 12.3. The molecular formula is C19H17N5O. The summed E-state index contributed by atoms with van der Waals surface area (Å²) in [4.78, 5) is 17.4. The van der Waals surface area contributed by atoms with Crippen molar-refractivity contribution in [3.05, 3.63) is 78.0 Å². The Hall–Kier alpha value is -3.41. The second-order valence-electron chi connectivity index (χ2n) is 5.75. The molecule has 1 aromatic heterocycles. The van der Waals surface area contributed by atoms with E-state index in [1.807, 2.05) is 60.7 Å². The minimum absolute atomic E-state index is 0.156. The van der Waals surface area contributed by atoms with Crippen molar-refractivity contribution >= 4 is 23.8 Å². The fraction of sp³-hybridized carbons (Fsp3) is 0.105. The zero-order chi connectivity index (χ0) is 17.1. The molecule has 25 heavy (non-hydrogen) atoms. The maximum Gasteiger partial charge on any atom is 0.253 e. The van der Waals surface area contributed by atoms with E-state index < -0.39 is 6.04 Å². The third kappa shape index (κ3) is 3.01. The minimum atomic E-state index is -0.597. The molecule has 6 heteroatoms. The lowest BCUT2D eigenvalue weighted by Crippen LogP contribution is -2.28. The molecule has 1 aliphatic rings. The lowest BCUT2D eigenvalue weighted by molar-refractivity contribution is -0.118. The number of nitrogens with one attached hydrogen (secondary N) is 2. The fourth-order valence-corrected chi connectivity index (χ4v) is 2.88. The van der Waals surface area contributed by atoms with E-state index in [0.29, 0.717) is 12.4 Å². The van der Waals surface area contributed by atoms with Crippen LogP contribution in [0.3, 0.4) is 0 Å². The number of carbonyl (C=O) groups is 1. The molecule has 0 saturated heterocycles. The van der Waals surface area contributed by atoms with Crippen molar-refractivity contribution < 1.29 is 4.79 Å².